The fraction of sp³-hybridized carbons (Fsp3) is 0.412. The number of hydrogen-bond acceptors (Lipinski definition) is 5. The second kappa shape index (κ2) is 6.52. The molecule has 1 aliphatic carbocycles. The predicted octanol–water partition coefficient (Wildman–Crippen LogP) is 2.15. The maximum Gasteiger partial charge on any atom is 0.326 e. The highest BCUT2D eigenvalue weighted by Crippen LogP contribution is 2.39. The normalized spacial score (nSPS) is 20.0. The Labute approximate surface area is 155 Å². The quantitative estimate of drug-likeness (QED) is 0.738. The molecule has 1 aliphatic heterocycles. The molecule has 27 heavy (non-hydrogen) atoms. The average Bonchev–Trinajstić information content (AvgIpc) is 3.20. The maximum atomic E-state index is 15.1. The maximum absolute atomic E-state index is 15.1. The molecule has 2 heterocycles. The topological polar surface area (TPSA) is 115 Å². The van der Waals surface area contributed by atoms with Gasteiger partial charge in [0.15, 0.2) is 5.82 Å². The van der Waals surface area contributed by atoms with E-state index in [0.29, 0.717) is 15.9 Å². The van der Waals surface area contributed by atoms with Crippen molar-refractivity contribution in [3.63, 3.8) is 0 Å². The van der Waals surface area contributed by atoms with Crippen molar-refractivity contribution in [2.75, 3.05) is 10.8 Å². The third kappa shape index (κ3) is 3.14. The van der Waals surface area contributed by atoms with E-state index in [2.05, 4.69) is 10.2 Å². The van der Waals surface area contributed by atoms with Crippen LogP contribution in [0.2, 0.25) is 0 Å². The highest BCUT2D eigenvalue weighted by atomic mass is 32.2. The molecule has 144 valence electrons. The minimum atomic E-state index is -4.24. The van der Waals surface area contributed by atoms with Gasteiger partial charge in [-0.25, -0.2) is 13.4 Å². The number of aromatic amines is 1. The summed E-state index contributed by atoms with van der Waals surface area (Å²) in [5.74, 6) is -1.97. The number of H-pyrrole nitrogens is 1. The van der Waals surface area contributed by atoms with Gasteiger partial charge in [-0.3, -0.25) is 9.89 Å². The van der Waals surface area contributed by atoms with Gasteiger partial charge in [0.2, 0.25) is 0 Å². The van der Waals surface area contributed by atoms with E-state index in [1.54, 1.807) is 10.8 Å². The molecule has 3 N–H and O–H groups in total. The number of phenols is 1. The summed E-state index contributed by atoms with van der Waals surface area (Å²) in [7, 11) is -4.24. The molecule has 2 aromatic rings. The van der Waals surface area contributed by atoms with Crippen LogP contribution < -0.4 is 9.03 Å². The number of anilines is 1. The van der Waals surface area contributed by atoms with Gasteiger partial charge in [0.25, 0.3) is 5.91 Å². The van der Waals surface area contributed by atoms with Crippen LogP contribution in [0.15, 0.2) is 18.2 Å². The largest absolute Gasteiger partial charge is 0.506 e. The summed E-state index contributed by atoms with van der Waals surface area (Å²) < 4.78 is 41.5. The van der Waals surface area contributed by atoms with Crippen LogP contribution in [0.4, 0.5) is 10.1 Å². The summed E-state index contributed by atoms with van der Waals surface area (Å²) >= 11 is 0. The van der Waals surface area contributed by atoms with Gasteiger partial charge in [0.05, 0.1) is 11.4 Å². The minimum absolute atomic E-state index is 0.0758. The van der Waals surface area contributed by atoms with Crippen LogP contribution in [-0.4, -0.2) is 36.2 Å². The third-order valence-corrected chi connectivity index (χ3v) is 6.45. The summed E-state index contributed by atoms with van der Waals surface area (Å²) in [5.41, 5.74) is 0.765. The van der Waals surface area contributed by atoms with Crippen molar-refractivity contribution in [3.05, 3.63) is 29.7 Å². The molecule has 4 rings (SSSR count). The number of aromatic hydroxyl groups is 1. The zero-order chi connectivity index (χ0) is 19.2. The Kier molecular flexibility index (Phi) is 4.29. The van der Waals surface area contributed by atoms with E-state index in [-0.39, 0.29) is 5.56 Å². The number of phenolic OH excluding ortho intramolecular Hbond substituents is 1. The first-order valence-electron chi connectivity index (χ1n) is 8.77. The fourth-order valence-electron chi connectivity index (χ4n) is 3.73. The van der Waals surface area contributed by atoms with Gasteiger partial charge in [0.1, 0.15) is 18.0 Å². The Morgan fingerprint density at radius 3 is 2.63 bits per heavy atom. The Morgan fingerprint density at radius 1 is 1.22 bits per heavy atom. The smallest absolute Gasteiger partial charge is 0.326 e. The molecule has 2 fully saturated rings. The Balaban J connectivity index is 1.73. The number of hydrogen-bond donors (Lipinski definition) is 3. The summed E-state index contributed by atoms with van der Waals surface area (Å²) in [5, 5.41) is 17.1. The fourth-order valence-corrected chi connectivity index (χ4v) is 4.89. The molecule has 0 unspecified atom stereocenters. The van der Waals surface area contributed by atoms with Gasteiger partial charge in [0, 0.05) is 11.5 Å². The van der Waals surface area contributed by atoms with Crippen molar-refractivity contribution in [1.82, 2.24) is 14.9 Å². The molecular weight excluding hydrogens is 375 g/mol. The average molecular weight is 394 g/mol. The lowest BCUT2D eigenvalue weighted by Gasteiger charge is -2.19. The Bertz CT molecular complexity index is 998. The summed E-state index contributed by atoms with van der Waals surface area (Å²) in [6, 6.07) is 4.31. The molecule has 0 atom stereocenters. The lowest BCUT2D eigenvalue weighted by atomic mass is 9.87. The van der Waals surface area contributed by atoms with Crippen molar-refractivity contribution >= 4 is 21.8 Å². The molecule has 0 bridgehead atoms. The van der Waals surface area contributed by atoms with Crippen molar-refractivity contribution in [1.29, 1.82) is 0 Å². The zero-order valence-electron chi connectivity index (χ0n) is 14.4. The first-order chi connectivity index (χ1) is 12.9. The van der Waals surface area contributed by atoms with Gasteiger partial charge in [-0.2, -0.15) is 13.5 Å². The predicted molar refractivity (Wildman–Crippen MR) is 95.9 cm³/mol. The molecule has 8 nitrogen and oxygen atoms in total. The number of rotatable bonds is 3. The van der Waals surface area contributed by atoms with Gasteiger partial charge >= 0.3 is 10.2 Å². The molecule has 0 spiro atoms. The Morgan fingerprint density at radius 2 is 1.96 bits per heavy atom. The summed E-state index contributed by atoms with van der Waals surface area (Å²) in [6.07, 6.45) is 5.55. The molecule has 2 aliphatic rings. The number of benzene rings is 1. The molecule has 10 heteroatoms. The van der Waals surface area contributed by atoms with Crippen molar-refractivity contribution in [2.45, 2.75) is 38.0 Å². The minimum Gasteiger partial charge on any atom is -0.506 e. The first kappa shape index (κ1) is 17.8. The molecule has 1 saturated heterocycles. The molecule has 1 saturated carbocycles. The number of nitrogens with one attached hydrogen (secondary N) is 2. The number of amides is 1. The van der Waals surface area contributed by atoms with E-state index in [1.807, 2.05) is 0 Å². The highest BCUT2D eigenvalue weighted by molar-refractivity contribution is 7.92. The summed E-state index contributed by atoms with van der Waals surface area (Å²) in [4.78, 5) is 11.4. The number of halogens is 1. The highest BCUT2D eigenvalue weighted by Gasteiger charge is 2.38. The second-order valence-electron chi connectivity index (χ2n) is 6.87. The Hall–Kier alpha value is -2.62. The number of aromatic nitrogens is 2. The SMILES string of the molecule is O=C1CN(c2c(O)ccc(-c3cc(C4CCCCC4)n[nH]3)c2F)S(=O)(=O)N1. The zero-order valence-corrected chi connectivity index (χ0v) is 15.2. The van der Waals surface area contributed by atoms with Crippen LogP contribution in [0, 0.1) is 5.82 Å². The van der Waals surface area contributed by atoms with E-state index in [9.17, 15) is 18.3 Å². The van der Waals surface area contributed by atoms with E-state index in [4.69, 9.17) is 0 Å². The van der Waals surface area contributed by atoms with Crippen LogP contribution in [0.1, 0.15) is 43.7 Å². The first-order valence-corrected chi connectivity index (χ1v) is 10.2. The molecule has 1 aromatic heterocycles. The van der Waals surface area contributed by atoms with Crippen molar-refractivity contribution in [2.24, 2.45) is 0 Å². The molecule has 1 aromatic carbocycles. The van der Waals surface area contributed by atoms with Gasteiger partial charge in [-0.1, -0.05) is 19.3 Å². The van der Waals surface area contributed by atoms with Crippen LogP contribution in [0.5, 0.6) is 5.75 Å². The van der Waals surface area contributed by atoms with Crippen molar-refractivity contribution < 1.29 is 22.7 Å². The summed E-state index contributed by atoms with van der Waals surface area (Å²) in [6.45, 7) is -0.591. The number of nitrogens with zero attached hydrogens (tertiary/aromatic N) is 2. The molecular formula is C17H19FN4O4S. The van der Waals surface area contributed by atoms with Crippen LogP contribution in [0.25, 0.3) is 11.3 Å². The van der Waals surface area contributed by atoms with Crippen molar-refractivity contribution in [3.8, 4) is 17.0 Å². The van der Waals surface area contributed by atoms with Gasteiger partial charge in [-0.15, -0.1) is 0 Å². The molecule has 1 amide bonds. The van der Waals surface area contributed by atoms with E-state index in [1.165, 1.54) is 18.6 Å². The van der Waals surface area contributed by atoms with Crippen LogP contribution >= 0.6 is 0 Å². The van der Waals surface area contributed by atoms with E-state index >= 15 is 4.39 Å². The second-order valence-corrected chi connectivity index (χ2v) is 8.47. The number of carbonyl (C=O) groups is 1. The van der Waals surface area contributed by atoms with E-state index < -0.39 is 39.9 Å². The van der Waals surface area contributed by atoms with Gasteiger partial charge in [-0.05, 0) is 31.0 Å². The third-order valence-electron chi connectivity index (χ3n) is 5.08. The molecule has 0 radical (unpaired) electrons. The lowest BCUT2D eigenvalue weighted by molar-refractivity contribution is -0.117. The standard InChI is InChI=1S/C17H19FN4O4S/c18-16-11(13-8-12(19-20-13)10-4-2-1-3-5-10)6-7-14(23)17(16)22-9-15(24)21-27(22,25)26/h6-8,10,23H,1-5,9H2,(H,19,20)(H,21,24). The lowest BCUT2D eigenvalue weighted by Crippen LogP contribution is -2.30. The number of carbonyl (C=O) groups excluding carboxylic acids is 1. The van der Waals surface area contributed by atoms with Gasteiger partial charge < -0.3 is 5.11 Å². The van der Waals surface area contributed by atoms with Crippen LogP contribution in [-0.2, 0) is 15.0 Å². The monoisotopic (exact) mass is 394 g/mol. The van der Waals surface area contributed by atoms with Crippen LogP contribution in [0.3, 0.4) is 0 Å². The van der Waals surface area contributed by atoms with E-state index in [0.717, 1.165) is 31.4 Å².